The molecular formula is C20H21N3O3. The first kappa shape index (κ1) is 17.5. The quantitative estimate of drug-likeness (QED) is 0.791. The van der Waals surface area contributed by atoms with Crippen molar-refractivity contribution in [1.29, 1.82) is 0 Å². The number of benzene rings is 2. The van der Waals surface area contributed by atoms with Crippen molar-refractivity contribution in [1.82, 2.24) is 10.6 Å². The first-order valence-electron chi connectivity index (χ1n) is 8.28. The Kier molecular flexibility index (Phi) is 4.93. The molecule has 6 nitrogen and oxygen atoms in total. The van der Waals surface area contributed by atoms with E-state index >= 15 is 0 Å². The Morgan fingerprint density at radius 3 is 2.50 bits per heavy atom. The maximum atomic E-state index is 12.9. The first-order valence-corrected chi connectivity index (χ1v) is 8.28. The molecule has 3 N–H and O–H groups in total. The third kappa shape index (κ3) is 3.69. The molecule has 0 saturated heterocycles. The fraction of sp³-hybridized carbons (Fsp3) is 0.200. The molecule has 1 heterocycles. The first-order chi connectivity index (χ1) is 12.5. The summed E-state index contributed by atoms with van der Waals surface area (Å²) in [5.41, 5.74) is 3.58. The number of carbonyl (C=O) groups excluding carboxylic acids is 2. The van der Waals surface area contributed by atoms with Gasteiger partial charge in [-0.25, -0.2) is 4.79 Å². The van der Waals surface area contributed by atoms with E-state index in [1.165, 1.54) is 0 Å². The van der Waals surface area contributed by atoms with Crippen LogP contribution in [0.25, 0.3) is 0 Å². The van der Waals surface area contributed by atoms with Crippen LogP contribution in [0.3, 0.4) is 0 Å². The number of urea groups is 1. The van der Waals surface area contributed by atoms with Crippen molar-refractivity contribution in [3.8, 4) is 5.75 Å². The molecule has 3 amide bonds. The van der Waals surface area contributed by atoms with Crippen LogP contribution in [-0.4, -0.2) is 19.0 Å². The lowest BCUT2D eigenvalue weighted by Gasteiger charge is -2.29. The zero-order valence-corrected chi connectivity index (χ0v) is 14.9. The maximum absolute atomic E-state index is 12.9. The molecule has 1 aliphatic rings. The number of ether oxygens (including phenoxy) is 1. The van der Waals surface area contributed by atoms with Gasteiger partial charge in [0.2, 0.25) is 0 Å². The van der Waals surface area contributed by atoms with Gasteiger partial charge in [0.15, 0.2) is 0 Å². The van der Waals surface area contributed by atoms with Crippen molar-refractivity contribution in [3.05, 3.63) is 70.9 Å². The van der Waals surface area contributed by atoms with Crippen LogP contribution < -0.4 is 20.7 Å². The van der Waals surface area contributed by atoms with Crippen molar-refractivity contribution in [2.24, 2.45) is 0 Å². The summed E-state index contributed by atoms with van der Waals surface area (Å²) in [6.45, 7) is 3.70. The van der Waals surface area contributed by atoms with Crippen LogP contribution in [0.15, 0.2) is 59.8 Å². The Morgan fingerprint density at radius 1 is 1.12 bits per heavy atom. The Balaban J connectivity index is 1.91. The van der Waals surface area contributed by atoms with Gasteiger partial charge in [-0.2, -0.15) is 0 Å². The summed E-state index contributed by atoms with van der Waals surface area (Å²) < 4.78 is 5.13. The van der Waals surface area contributed by atoms with Gasteiger partial charge in [-0.3, -0.25) is 4.79 Å². The van der Waals surface area contributed by atoms with E-state index in [0.717, 1.165) is 11.1 Å². The van der Waals surface area contributed by atoms with Gasteiger partial charge >= 0.3 is 6.03 Å². The van der Waals surface area contributed by atoms with Crippen LogP contribution in [0.4, 0.5) is 10.5 Å². The van der Waals surface area contributed by atoms with Crippen LogP contribution in [0.5, 0.6) is 5.75 Å². The molecule has 6 heteroatoms. The third-order valence-electron chi connectivity index (χ3n) is 4.24. The summed E-state index contributed by atoms with van der Waals surface area (Å²) >= 11 is 0. The number of methoxy groups -OCH3 is 1. The molecule has 0 aliphatic carbocycles. The van der Waals surface area contributed by atoms with Gasteiger partial charge < -0.3 is 20.7 Å². The summed E-state index contributed by atoms with van der Waals surface area (Å²) in [7, 11) is 1.59. The molecule has 0 radical (unpaired) electrons. The molecule has 0 spiro atoms. The van der Waals surface area contributed by atoms with Crippen molar-refractivity contribution in [2.75, 3.05) is 12.4 Å². The monoisotopic (exact) mass is 351 g/mol. The highest BCUT2D eigenvalue weighted by Gasteiger charge is 2.31. The lowest BCUT2D eigenvalue weighted by atomic mass is 9.94. The van der Waals surface area contributed by atoms with E-state index in [4.69, 9.17) is 4.74 Å². The average molecular weight is 351 g/mol. The largest absolute Gasteiger partial charge is 0.497 e. The summed E-state index contributed by atoms with van der Waals surface area (Å²) in [5, 5.41) is 8.39. The number of hydrogen-bond acceptors (Lipinski definition) is 3. The van der Waals surface area contributed by atoms with E-state index in [9.17, 15) is 9.59 Å². The van der Waals surface area contributed by atoms with Gasteiger partial charge in [0.05, 0.1) is 18.7 Å². The topological polar surface area (TPSA) is 79.5 Å². The SMILES string of the molecule is COc1ccc(NC(=O)C2=C(C)NC(=O)N[C@@H]2c2cccc(C)c2)cc1. The van der Waals surface area contributed by atoms with E-state index in [2.05, 4.69) is 16.0 Å². The second-order valence-electron chi connectivity index (χ2n) is 6.17. The maximum Gasteiger partial charge on any atom is 0.319 e. The molecule has 3 rings (SSSR count). The third-order valence-corrected chi connectivity index (χ3v) is 4.24. The van der Waals surface area contributed by atoms with Crippen molar-refractivity contribution in [2.45, 2.75) is 19.9 Å². The fourth-order valence-corrected chi connectivity index (χ4v) is 2.97. The smallest absolute Gasteiger partial charge is 0.319 e. The van der Waals surface area contributed by atoms with Gasteiger partial charge in [0.1, 0.15) is 5.75 Å². The Morgan fingerprint density at radius 2 is 1.85 bits per heavy atom. The highest BCUT2D eigenvalue weighted by Crippen LogP contribution is 2.28. The highest BCUT2D eigenvalue weighted by atomic mass is 16.5. The molecule has 0 aromatic heterocycles. The number of carbonyl (C=O) groups is 2. The van der Waals surface area contributed by atoms with E-state index < -0.39 is 6.04 Å². The van der Waals surface area contributed by atoms with Crippen LogP contribution in [0.2, 0.25) is 0 Å². The molecule has 1 atom stereocenters. The van der Waals surface area contributed by atoms with E-state index in [0.29, 0.717) is 22.7 Å². The summed E-state index contributed by atoms with van der Waals surface area (Å²) in [4.78, 5) is 24.9. The van der Waals surface area contributed by atoms with E-state index in [1.54, 1.807) is 38.3 Å². The minimum absolute atomic E-state index is 0.272. The number of allylic oxidation sites excluding steroid dienone is 1. The lowest BCUT2D eigenvalue weighted by Crippen LogP contribution is -2.46. The lowest BCUT2D eigenvalue weighted by molar-refractivity contribution is -0.113. The molecule has 134 valence electrons. The molecule has 2 aromatic carbocycles. The van der Waals surface area contributed by atoms with Crippen LogP contribution in [-0.2, 0) is 4.79 Å². The minimum atomic E-state index is -0.512. The molecule has 0 fully saturated rings. The fourth-order valence-electron chi connectivity index (χ4n) is 2.97. The molecule has 0 bridgehead atoms. The van der Waals surface area contributed by atoms with Gasteiger partial charge in [-0.15, -0.1) is 0 Å². The van der Waals surface area contributed by atoms with Gasteiger partial charge in [0, 0.05) is 11.4 Å². The zero-order valence-electron chi connectivity index (χ0n) is 14.9. The van der Waals surface area contributed by atoms with Crippen LogP contribution in [0, 0.1) is 6.92 Å². The number of rotatable bonds is 4. The Bertz CT molecular complexity index is 872. The van der Waals surface area contributed by atoms with Crippen LogP contribution >= 0.6 is 0 Å². The number of hydrogen-bond donors (Lipinski definition) is 3. The van der Waals surface area contributed by atoms with Gasteiger partial charge in [-0.05, 0) is 43.7 Å². The predicted octanol–water partition coefficient (Wildman–Crippen LogP) is 3.27. The molecule has 0 unspecified atom stereocenters. The van der Waals surface area contributed by atoms with Crippen molar-refractivity contribution in [3.63, 3.8) is 0 Å². The predicted molar refractivity (Wildman–Crippen MR) is 99.9 cm³/mol. The normalized spacial score (nSPS) is 16.6. The van der Waals surface area contributed by atoms with Crippen molar-refractivity contribution >= 4 is 17.6 Å². The van der Waals surface area contributed by atoms with E-state index in [1.807, 2.05) is 31.2 Å². The summed E-state index contributed by atoms with van der Waals surface area (Å²) in [6.07, 6.45) is 0. The summed E-state index contributed by atoms with van der Waals surface area (Å²) in [5.74, 6) is 0.439. The minimum Gasteiger partial charge on any atom is -0.497 e. The number of amides is 3. The molecule has 2 aromatic rings. The number of aryl methyl sites for hydroxylation is 1. The Hall–Kier alpha value is -3.28. The van der Waals surface area contributed by atoms with Crippen molar-refractivity contribution < 1.29 is 14.3 Å². The second-order valence-corrected chi connectivity index (χ2v) is 6.17. The average Bonchev–Trinajstić information content (AvgIpc) is 2.61. The van der Waals surface area contributed by atoms with E-state index in [-0.39, 0.29) is 11.9 Å². The zero-order chi connectivity index (χ0) is 18.7. The molecule has 1 aliphatic heterocycles. The standard InChI is InChI=1S/C20H21N3O3/c1-12-5-4-6-14(11-12)18-17(13(2)21-20(25)23-18)19(24)22-15-7-9-16(26-3)10-8-15/h4-11,18H,1-3H3,(H,22,24)(H2,21,23,25)/t18-/m1/s1. The van der Waals surface area contributed by atoms with Gasteiger partial charge in [-0.1, -0.05) is 29.8 Å². The Labute approximate surface area is 152 Å². The summed E-state index contributed by atoms with van der Waals surface area (Å²) in [6, 6.07) is 14.0. The molecule has 0 saturated carbocycles. The van der Waals surface area contributed by atoms with Crippen LogP contribution in [0.1, 0.15) is 24.1 Å². The molecular weight excluding hydrogens is 330 g/mol. The number of anilines is 1. The van der Waals surface area contributed by atoms with Gasteiger partial charge in [0.25, 0.3) is 5.91 Å². The number of nitrogens with one attached hydrogen (secondary N) is 3. The second kappa shape index (κ2) is 7.31. The highest BCUT2D eigenvalue weighted by molar-refractivity contribution is 6.06. The molecule has 26 heavy (non-hydrogen) atoms.